The zero-order valence-corrected chi connectivity index (χ0v) is 11.0. The van der Waals surface area contributed by atoms with Gasteiger partial charge in [-0.05, 0) is 38.4 Å². The van der Waals surface area contributed by atoms with Crippen molar-refractivity contribution in [1.82, 2.24) is 20.0 Å². The molecule has 2 heterocycles. The highest BCUT2D eigenvalue weighted by atomic mass is 15.3. The third-order valence-corrected chi connectivity index (χ3v) is 3.34. The van der Waals surface area contributed by atoms with Crippen LogP contribution < -0.4 is 5.32 Å². The minimum atomic E-state index is 0.674. The Morgan fingerprint density at radius 3 is 3.12 bits per heavy atom. The van der Waals surface area contributed by atoms with Crippen LogP contribution in [0.2, 0.25) is 0 Å². The van der Waals surface area contributed by atoms with Crippen molar-refractivity contribution in [2.75, 3.05) is 19.6 Å². The van der Waals surface area contributed by atoms with Gasteiger partial charge in [0.2, 0.25) is 0 Å². The van der Waals surface area contributed by atoms with Crippen molar-refractivity contribution in [3.63, 3.8) is 0 Å². The first-order valence-electron chi connectivity index (χ1n) is 6.72. The lowest BCUT2D eigenvalue weighted by molar-refractivity contribution is 0.181. The number of aryl methyl sites for hydroxylation is 1. The molecule has 1 aliphatic heterocycles. The Kier molecular flexibility index (Phi) is 4.57. The van der Waals surface area contributed by atoms with Crippen LogP contribution in [0.1, 0.15) is 31.9 Å². The zero-order valence-electron chi connectivity index (χ0n) is 11.0. The quantitative estimate of drug-likeness (QED) is 0.838. The molecule has 0 amide bonds. The van der Waals surface area contributed by atoms with E-state index in [1.54, 1.807) is 0 Å². The molecule has 0 aromatic carbocycles. The lowest BCUT2D eigenvalue weighted by atomic mass is 10.1. The summed E-state index contributed by atoms with van der Waals surface area (Å²) < 4.78 is 1.88. The van der Waals surface area contributed by atoms with Crippen LogP contribution in [-0.2, 0) is 13.6 Å². The maximum atomic E-state index is 4.45. The van der Waals surface area contributed by atoms with Crippen molar-refractivity contribution in [2.24, 2.45) is 7.05 Å². The van der Waals surface area contributed by atoms with E-state index in [1.165, 1.54) is 31.5 Å². The summed E-state index contributed by atoms with van der Waals surface area (Å²) in [5.41, 5.74) is 1.18. The average Bonchev–Trinajstić information content (AvgIpc) is 2.73. The molecule has 0 radical (unpaired) electrons. The fraction of sp³-hybridized carbons (Fsp3) is 0.769. The van der Waals surface area contributed by atoms with E-state index in [0.717, 1.165) is 19.6 Å². The van der Waals surface area contributed by atoms with Gasteiger partial charge in [-0.2, -0.15) is 5.10 Å². The van der Waals surface area contributed by atoms with Crippen molar-refractivity contribution < 1.29 is 0 Å². The van der Waals surface area contributed by atoms with Crippen molar-refractivity contribution in [3.8, 4) is 0 Å². The van der Waals surface area contributed by atoms with Gasteiger partial charge in [-0.25, -0.2) is 0 Å². The number of nitrogens with one attached hydrogen (secondary N) is 1. The Hall–Kier alpha value is -0.870. The first kappa shape index (κ1) is 12.6. The monoisotopic (exact) mass is 236 g/mol. The molecule has 0 bridgehead atoms. The standard InChI is InChI=1S/C13H24N4/c1-3-7-14-12-5-4-8-17(10-12)11-13-6-9-16(2)15-13/h6,9,12,14H,3-5,7-8,10-11H2,1-2H3. The summed E-state index contributed by atoms with van der Waals surface area (Å²) in [5.74, 6) is 0. The molecule has 0 spiro atoms. The lowest BCUT2D eigenvalue weighted by Crippen LogP contribution is -2.45. The topological polar surface area (TPSA) is 33.1 Å². The second-order valence-corrected chi connectivity index (χ2v) is 5.01. The van der Waals surface area contributed by atoms with Crippen LogP contribution >= 0.6 is 0 Å². The highest BCUT2D eigenvalue weighted by Gasteiger charge is 2.19. The smallest absolute Gasteiger partial charge is 0.0764 e. The molecular weight excluding hydrogens is 212 g/mol. The van der Waals surface area contributed by atoms with Gasteiger partial charge in [0.05, 0.1) is 5.69 Å². The molecule has 0 aliphatic carbocycles. The Morgan fingerprint density at radius 2 is 2.41 bits per heavy atom. The molecule has 1 aromatic heterocycles. The van der Waals surface area contributed by atoms with Crippen LogP contribution in [0.5, 0.6) is 0 Å². The van der Waals surface area contributed by atoms with Gasteiger partial charge in [0.1, 0.15) is 0 Å². The molecule has 0 saturated carbocycles. The summed E-state index contributed by atoms with van der Waals surface area (Å²) in [6.45, 7) is 6.73. The predicted molar refractivity (Wildman–Crippen MR) is 69.8 cm³/mol. The SMILES string of the molecule is CCCNC1CCCN(Cc2ccn(C)n2)C1. The number of hydrogen-bond acceptors (Lipinski definition) is 3. The third-order valence-electron chi connectivity index (χ3n) is 3.34. The molecular formula is C13H24N4. The van der Waals surface area contributed by atoms with Gasteiger partial charge in [-0.15, -0.1) is 0 Å². The van der Waals surface area contributed by atoms with Gasteiger partial charge in [-0.1, -0.05) is 6.92 Å². The molecule has 2 rings (SSSR count). The Bertz CT molecular complexity index is 334. The van der Waals surface area contributed by atoms with Gasteiger partial charge in [0, 0.05) is 32.4 Å². The highest BCUT2D eigenvalue weighted by Crippen LogP contribution is 2.12. The zero-order chi connectivity index (χ0) is 12.1. The Labute approximate surface area is 104 Å². The van der Waals surface area contributed by atoms with E-state index in [-0.39, 0.29) is 0 Å². The second-order valence-electron chi connectivity index (χ2n) is 5.01. The van der Waals surface area contributed by atoms with E-state index in [9.17, 15) is 0 Å². The van der Waals surface area contributed by atoms with Crippen molar-refractivity contribution >= 4 is 0 Å². The fourth-order valence-electron chi connectivity index (χ4n) is 2.49. The first-order chi connectivity index (χ1) is 8.28. The molecule has 1 N–H and O–H groups in total. The summed E-state index contributed by atoms with van der Waals surface area (Å²) >= 11 is 0. The van der Waals surface area contributed by atoms with Crippen LogP contribution in [0.25, 0.3) is 0 Å². The van der Waals surface area contributed by atoms with Crippen LogP contribution in [0.4, 0.5) is 0 Å². The number of nitrogens with zero attached hydrogens (tertiary/aromatic N) is 3. The van der Waals surface area contributed by atoms with Crippen molar-refractivity contribution in [3.05, 3.63) is 18.0 Å². The largest absolute Gasteiger partial charge is 0.313 e. The maximum Gasteiger partial charge on any atom is 0.0764 e. The molecule has 1 unspecified atom stereocenters. The number of hydrogen-bond donors (Lipinski definition) is 1. The minimum absolute atomic E-state index is 0.674. The second kappa shape index (κ2) is 6.17. The molecule has 4 nitrogen and oxygen atoms in total. The normalized spacial score (nSPS) is 21.9. The van der Waals surface area contributed by atoms with E-state index < -0.39 is 0 Å². The molecule has 1 saturated heterocycles. The van der Waals surface area contributed by atoms with E-state index in [1.807, 2.05) is 17.9 Å². The van der Waals surface area contributed by atoms with Gasteiger partial charge < -0.3 is 5.32 Å². The summed E-state index contributed by atoms with van der Waals surface area (Å²) in [7, 11) is 1.98. The predicted octanol–water partition coefficient (Wildman–Crippen LogP) is 1.38. The van der Waals surface area contributed by atoms with E-state index in [4.69, 9.17) is 0 Å². The number of aromatic nitrogens is 2. The fourth-order valence-corrected chi connectivity index (χ4v) is 2.49. The van der Waals surface area contributed by atoms with E-state index >= 15 is 0 Å². The van der Waals surface area contributed by atoms with Gasteiger partial charge in [0.15, 0.2) is 0 Å². The Balaban J connectivity index is 1.80. The summed E-state index contributed by atoms with van der Waals surface area (Å²) in [4.78, 5) is 2.51. The molecule has 17 heavy (non-hydrogen) atoms. The number of piperidine rings is 1. The molecule has 1 aromatic rings. The maximum absolute atomic E-state index is 4.45. The molecule has 1 aliphatic rings. The van der Waals surface area contributed by atoms with E-state index in [0.29, 0.717) is 6.04 Å². The summed E-state index contributed by atoms with van der Waals surface area (Å²) in [5, 5.41) is 8.07. The first-order valence-corrected chi connectivity index (χ1v) is 6.72. The minimum Gasteiger partial charge on any atom is -0.313 e. The molecule has 96 valence electrons. The van der Waals surface area contributed by atoms with Gasteiger partial charge in [0.25, 0.3) is 0 Å². The third kappa shape index (κ3) is 3.82. The van der Waals surface area contributed by atoms with Crippen molar-refractivity contribution in [1.29, 1.82) is 0 Å². The molecule has 1 fully saturated rings. The number of rotatable bonds is 5. The molecule has 4 heteroatoms. The average molecular weight is 236 g/mol. The summed E-state index contributed by atoms with van der Waals surface area (Å²) in [6.07, 6.45) is 5.86. The van der Waals surface area contributed by atoms with Crippen molar-refractivity contribution in [2.45, 2.75) is 38.8 Å². The van der Waals surface area contributed by atoms with E-state index in [2.05, 4.69) is 28.3 Å². The van der Waals surface area contributed by atoms with Crippen LogP contribution in [0, 0.1) is 0 Å². The molecule has 1 atom stereocenters. The van der Waals surface area contributed by atoms with Crippen LogP contribution in [-0.4, -0.2) is 40.4 Å². The summed E-state index contributed by atoms with van der Waals surface area (Å²) in [6, 6.07) is 2.79. The lowest BCUT2D eigenvalue weighted by Gasteiger charge is -2.32. The van der Waals surface area contributed by atoms with Crippen LogP contribution in [0.3, 0.4) is 0 Å². The number of likely N-dealkylation sites (tertiary alicyclic amines) is 1. The van der Waals surface area contributed by atoms with Gasteiger partial charge >= 0.3 is 0 Å². The Morgan fingerprint density at radius 1 is 1.53 bits per heavy atom. The van der Waals surface area contributed by atoms with Crippen LogP contribution in [0.15, 0.2) is 12.3 Å². The highest BCUT2D eigenvalue weighted by molar-refractivity contribution is 4.99. The van der Waals surface area contributed by atoms with Gasteiger partial charge in [-0.3, -0.25) is 9.58 Å².